The van der Waals surface area contributed by atoms with Gasteiger partial charge in [0.1, 0.15) is 35.3 Å². The molecule has 0 radical (unpaired) electrons. The Hall–Kier alpha value is -5.24. The highest BCUT2D eigenvalue weighted by Crippen LogP contribution is 2.51. The lowest BCUT2D eigenvalue weighted by Gasteiger charge is -2.39. The molecule has 2 aliphatic heterocycles. The van der Waals surface area contributed by atoms with Crippen LogP contribution in [-0.4, -0.2) is 113 Å². The first-order valence-corrected chi connectivity index (χ1v) is 22.4. The van der Waals surface area contributed by atoms with Gasteiger partial charge in [-0.2, -0.15) is 10.2 Å². The van der Waals surface area contributed by atoms with Gasteiger partial charge in [-0.15, -0.1) is 0 Å². The van der Waals surface area contributed by atoms with Crippen LogP contribution in [0.3, 0.4) is 0 Å². The molecule has 0 aliphatic carbocycles. The number of amidine groups is 1. The molecule has 0 saturated carbocycles. The van der Waals surface area contributed by atoms with Crippen molar-refractivity contribution in [2.24, 2.45) is 4.99 Å². The fourth-order valence-corrected chi connectivity index (χ4v) is 9.87. The van der Waals surface area contributed by atoms with Gasteiger partial charge in [-0.25, -0.2) is 14.6 Å². The number of methoxy groups -OCH3 is 2. The number of H-pyrrole nitrogens is 1. The van der Waals surface area contributed by atoms with Crippen molar-refractivity contribution in [3.8, 4) is 17.6 Å². The zero-order valence-electron chi connectivity index (χ0n) is 37.0. The maximum atomic E-state index is 13.5. The zero-order chi connectivity index (χ0) is 44.5. The topological polar surface area (TPSA) is 171 Å². The van der Waals surface area contributed by atoms with Gasteiger partial charge in [-0.05, 0) is 75.6 Å². The maximum Gasteiger partial charge on any atom is 0.280 e. The Labute approximate surface area is 369 Å². The highest BCUT2D eigenvalue weighted by atomic mass is 31.2. The Morgan fingerprint density at radius 3 is 2.17 bits per heavy atom. The average Bonchev–Trinajstić information content (AvgIpc) is 3.91. The summed E-state index contributed by atoms with van der Waals surface area (Å²) in [6.45, 7) is 13.1. The number of aromatic amines is 1. The van der Waals surface area contributed by atoms with Gasteiger partial charge in [0.2, 0.25) is 5.95 Å². The third-order valence-electron chi connectivity index (χ3n) is 11.2. The number of benzene rings is 3. The number of hydrogen-bond acceptors (Lipinski definition) is 13. The molecule has 2 unspecified atom stereocenters. The van der Waals surface area contributed by atoms with E-state index in [1.54, 1.807) is 25.1 Å². The van der Waals surface area contributed by atoms with Crippen LogP contribution in [0.25, 0.3) is 11.2 Å². The fourth-order valence-electron chi connectivity index (χ4n) is 8.11. The number of nitrogens with zero attached hydrogens (tertiary/aromatic N) is 7. The van der Waals surface area contributed by atoms with Gasteiger partial charge in [0, 0.05) is 31.6 Å². The van der Waals surface area contributed by atoms with E-state index in [-0.39, 0.29) is 43.2 Å². The standard InChI is InChI=1S/C46H57N8O8P/c1-31(2)54(32(3)4)63(60-25-11-22-47)62-39-28-41(53-30-48-42-43(53)50-45(51-44(42)55)49-33(5)52-23-26-58-27-24-52)61-40(39)29-59-46(34-12-9-8-10-13-34,35-14-18-37(56-6)19-15-35)36-16-20-38(57-7)21-17-36/h8-10,12-21,30-32,39-41H,11,23-29H2,1-7H3,(H,50,51,55)/b49-33+/t39?,40-,41-,63?/m1/s1. The summed E-state index contributed by atoms with van der Waals surface area (Å²) in [6.07, 6.45) is 0.209. The number of morpholine rings is 1. The lowest BCUT2D eigenvalue weighted by molar-refractivity contribution is -0.0912. The minimum atomic E-state index is -1.68. The second-order valence-corrected chi connectivity index (χ2v) is 17.2. The van der Waals surface area contributed by atoms with Crippen LogP contribution in [0.2, 0.25) is 0 Å². The normalized spacial score (nSPS) is 19.0. The van der Waals surface area contributed by atoms with Crippen molar-refractivity contribution >= 4 is 31.5 Å². The molecule has 0 bridgehead atoms. The third kappa shape index (κ3) is 10.3. The van der Waals surface area contributed by atoms with Crippen LogP contribution in [0.4, 0.5) is 5.95 Å². The van der Waals surface area contributed by atoms with Gasteiger partial charge < -0.3 is 37.6 Å². The van der Waals surface area contributed by atoms with Gasteiger partial charge in [0.15, 0.2) is 11.2 Å². The van der Waals surface area contributed by atoms with Crippen molar-refractivity contribution in [1.82, 2.24) is 29.1 Å². The summed E-state index contributed by atoms with van der Waals surface area (Å²) in [5, 5.41) is 9.45. The minimum Gasteiger partial charge on any atom is -0.497 e. The van der Waals surface area contributed by atoms with Crippen LogP contribution in [0.5, 0.6) is 11.5 Å². The van der Waals surface area contributed by atoms with Crippen molar-refractivity contribution < 1.29 is 32.7 Å². The van der Waals surface area contributed by atoms with Gasteiger partial charge >= 0.3 is 0 Å². The summed E-state index contributed by atoms with van der Waals surface area (Å²) < 4.78 is 48.5. The summed E-state index contributed by atoms with van der Waals surface area (Å²) in [5.41, 5.74) is 1.56. The second-order valence-electron chi connectivity index (χ2n) is 15.8. The zero-order valence-corrected chi connectivity index (χ0v) is 37.9. The number of aliphatic imine (C=N–C) groups is 1. The summed E-state index contributed by atoms with van der Waals surface area (Å²) in [7, 11) is 1.60. The van der Waals surface area contributed by atoms with Crippen molar-refractivity contribution in [2.75, 3.05) is 53.7 Å². The Morgan fingerprint density at radius 2 is 1.59 bits per heavy atom. The molecule has 3 aromatic carbocycles. The number of aromatic nitrogens is 4. The molecule has 4 heterocycles. The van der Waals surface area contributed by atoms with Crippen LogP contribution in [0.1, 0.15) is 70.4 Å². The number of rotatable bonds is 18. The second kappa shape index (κ2) is 21.0. The molecule has 2 aliphatic rings. The molecule has 5 aromatic rings. The fraction of sp³-hybridized carbons (Fsp3) is 0.457. The van der Waals surface area contributed by atoms with Crippen LogP contribution >= 0.6 is 8.53 Å². The molecule has 17 heteroatoms. The number of fused-ring (bicyclic) bond motifs is 1. The monoisotopic (exact) mass is 880 g/mol. The van der Waals surface area contributed by atoms with Gasteiger partial charge in [0.05, 0.1) is 65.6 Å². The lowest BCUT2D eigenvalue weighted by atomic mass is 9.80. The number of nitrogens with one attached hydrogen (secondary N) is 1. The van der Waals surface area contributed by atoms with E-state index in [1.165, 1.54) is 0 Å². The summed E-state index contributed by atoms with van der Waals surface area (Å²) in [6, 6.07) is 28.1. The predicted molar refractivity (Wildman–Crippen MR) is 240 cm³/mol. The lowest BCUT2D eigenvalue weighted by Crippen LogP contribution is -2.39. The molecule has 63 heavy (non-hydrogen) atoms. The first-order chi connectivity index (χ1) is 30.6. The molecule has 7 rings (SSSR count). The van der Waals surface area contributed by atoms with Gasteiger partial charge in [-0.3, -0.25) is 14.3 Å². The Bertz CT molecular complexity index is 2320. The van der Waals surface area contributed by atoms with E-state index in [1.807, 2.05) is 85.8 Å². The smallest absolute Gasteiger partial charge is 0.280 e. The first-order valence-electron chi connectivity index (χ1n) is 21.3. The van der Waals surface area contributed by atoms with E-state index in [4.69, 9.17) is 42.7 Å². The highest BCUT2D eigenvalue weighted by Gasteiger charge is 2.45. The average molecular weight is 881 g/mol. The molecule has 0 amide bonds. The number of nitriles is 1. The Morgan fingerprint density at radius 1 is 0.968 bits per heavy atom. The number of imidazole rings is 1. The van der Waals surface area contributed by atoms with Crippen molar-refractivity contribution in [1.29, 1.82) is 5.26 Å². The largest absolute Gasteiger partial charge is 0.497 e. The quantitative estimate of drug-likeness (QED) is 0.0303. The SMILES string of the molecule is COc1ccc(C(OC[C@H]2O[C@@H](n3cnc4c(=O)[nH]c(/N=C(\C)N5CCOCC5)nc43)CC2OP(OCCC#N)N(C(C)C)C(C)C)(c2ccccc2)c2ccc(OC)cc2)cc1. The minimum absolute atomic E-state index is 0.0633. The first kappa shape index (κ1) is 45.8. The van der Waals surface area contributed by atoms with E-state index in [0.717, 1.165) is 22.5 Å². The van der Waals surface area contributed by atoms with Crippen LogP contribution in [0, 0.1) is 11.3 Å². The number of hydrogen-bond donors (Lipinski definition) is 1. The summed E-state index contributed by atoms with van der Waals surface area (Å²) in [4.78, 5) is 32.4. The Balaban J connectivity index is 1.30. The molecule has 2 aromatic heterocycles. The van der Waals surface area contributed by atoms with Crippen LogP contribution in [-0.2, 0) is 28.9 Å². The maximum absolute atomic E-state index is 13.5. The Kier molecular flexibility index (Phi) is 15.2. The van der Waals surface area contributed by atoms with E-state index in [0.29, 0.717) is 49.9 Å². The molecule has 4 atom stereocenters. The molecule has 2 fully saturated rings. The molecule has 2 saturated heterocycles. The predicted octanol–water partition coefficient (Wildman–Crippen LogP) is 7.48. The van der Waals surface area contributed by atoms with E-state index >= 15 is 0 Å². The van der Waals surface area contributed by atoms with Crippen LogP contribution in [0.15, 0.2) is 95.0 Å². The number of ether oxygens (including phenoxy) is 5. The van der Waals surface area contributed by atoms with Gasteiger partial charge in [-0.1, -0.05) is 54.6 Å². The highest BCUT2D eigenvalue weighted by molar-refractivity contribution is 7.44. The molecular formula is C46H57N8O8P. The van der Waals surface area contributed by atoms with Crippen molar-refractivity contribution in [3.63, 3.8) is 0 Å². The third-order valence-corrected chi connectivity index (χ3v) is 13.3. The van der Waals surface area contributed by atoms with Crippen molar-refractivity contribution in [3.05, 3.63) is 112 Å². The van der Waals surface area contributed by atoms with Crippen LogP contribution < -0.4 is 15.0 Å². The van der Waals surface area contributed by atoms with E-state index < -0.39 is 38.1 Å². The van der Waals surface area contributed by atoms with E-state index in [9.17, 15) is 10.1 Å². The molecule has 16 nitrogen and oxygen atoms in total. The molecule has 334 valence electrons. The molecular weight excluding hydrogens is 824 g/mol. The summed E-state index contributed by atoms with van der Waals surface area (Å²) >= 11 is 0. The summed E-state index contributed by atoms with van der Waals surface area (Å²) in [5.74, 6) is 2.30. The molecule has 1 N–H and O–H groups in total. The van der Waals surface area contributed by atoms with E-state index in [2.05, 4.69) is 53.3 Å². The van der Waals surface area contributed by atoms with Crippen molar-refractivity contribution in [2.45, 2.75) is 83.6 Å². The van der Waals surface area contributed by atoms with Gasteiger partial charge in [0.25, 0.3) is 14.1 Å². The molecule has 0 spiro atoms.